The fourth-order valence-corrected chi connectivity index (χ4v) is 3.03. The smallest absolute Gasteiger partial charge is 0.410 e. The number of carbonyl (C=O) groups is 1. The van der Waals surface area contributed by atoms with Gasteiger partial charge >= 0.3 is 6.09 Å². The molecule has 1 aromatic carbocycles. The van der Waals surface area contributed by atoms with Crippen molar-refractivity contribution >= 4 is 6.09 Å². The average molecular weight is 336 g/mol. The number of benzene rings is 1. The van der Waals surface area contributed by atoms with Crippen LogP contribution in [0.5, 0.6) is 5.75 Å². The van der Waals surface area contributed by atoms with Gasteiger partial charge in [0.25, 0.3) is 0 Å². The Morgan fingerprint density at radius 3 is 2.88 bits per heavy atom. The Labute approximate surface area is 143 Å². The van der Waals surface area contributed by atoms with Crippen molar-refractivity contribution in [2.75, 3.05) is 26.9 Å². The molecule has 24 heavy (non-hydrogen) atoms. The summed E-state index contributed by atoms with van der Waals surface area (Å²) >= 11 is 0. The molecule has 0 bridgehead atoms. The maximum atomic E-state index is 12.1. The molecule has 0 saturated carbocycles. The van der Waals surface area contributed by atoms with E-state index in [0.29, 0.717) is 19.7 Å². The highest BCUT2D eigenvalue weighted by Gasteiger charge is 2.28. The first-order valence-electron chi connectivity index (χ1n) is 8.54. The molecule has 6 heteroatoms. The quantitative estimate of drug-likeness (QED) is 0.746. The molecule has 0 fully saturated rings. The highest BCUT2D eigenvalue weighted by atomic mass is 16.6. The van der Waals surface area contributed by atoms with Crippen LogP contribution in [-0.2, 0) is 24.2 Å². The molecule has 1 atom stereocenters. The number of amides is 1. The van der Waals surface area contributed by atoms with Crippen LogP contribution in [0, 0.1) is 0 Å². The maximum Gasteiger partial charge on any atom is 0.410 e. The number of aliphatic hydroxyl groups is 1. The summed E-state index contributed by atoms with van der Waals surface area (Å²) < 4.78 is 10.7. The Morgan fingerprint density at radius 1 is 1.42 bits per heavy atom. The van der Waals surface area contributed by atoms with Crippen molar-refractivity contribution < 1.29 is 19.4 Å². The number of rotatable bonds is 7. The van der Waals surface area contributed by atoms with Crippen molar-refractivity contribution in [1.82, 2.24) is 10.2 Å². The van der Waals surface area contributed by atoms with Gasteiger partial charge in [0, 0.05) is 31.3 Å². The third-order valence-electron chi connectivity index (χ3n) is 4.32. The first-order valence-corrected chi connectivity index (χ1v) is 8.54. The first-order chi connectivity index (χ1) is 11.6. The fraction of sp³-hybridized carbons (Fsp3) is 0.611. The van der Waals surface area contributed by atoms with Gasteiger partial charge in [-0.1, -0.05) is 6.07 Å². The molecule has 1 aliphatic rings. The van der Waals surface area contributed by atoms with Gasteiger partial charge in [-0.25, -0.2) is 4.79 Å². The van der Waals surface area contributed by atoms with Crippen LogP contribution in [-0.4, -0.2) is 49.0 Å². The van der Waals surface area contributed by atoms with Gasteiger partial charge in [-0.15, -0.1) is 0 Å². The number of hydrogen-bond donors (Lipinski definition) is 2. The molecule has 1 unspecified atom stereocenters. The normalized spacial score (nSPS) is 16.7. The molecule has 0 spiro atoms. The van der Waals surface area contributed by atoms with Gasteiger partial charge in [0.15, 0.2) is 0 Å². The van der Waals surface area contributed by atoms with Crippen molar-refractivity contribution in [3.8, 4) is 5.75 Å². The summed E-state index contributed by atoms with van der Waals surface area (Å²) in [6.45, 7) is 6.45. The zero-order chi connectivity index (χ0) is 17.5. The summed E-state index contributed by atoms with van der Waals surface area (Å²) in [6, 6.07) is 4.30. The third kappa shape index (κ3) is 4.39. The number of fused-ring (bicyclic) bond motifs is 1. The van der Waals surface area contributed by atoms with Gasteiger partial charge < -0.3 is 24.8 Å². The van der Waals surface area contributed by atoms with E-state index in [0.717, 1.165) is 36.3 Å². The van der Waals surface area contributed by atoms with Gasteiger partial charge in [-0.2, -0.15) is 0 Å². The lowest BCUT2D eigenvalue weighted by Gasteiger charge is -2.34. The van der Waals surface area contributed by atoms with Crippen molar-refractivity contribution in [3.63, 3.8) is 0 Å². The zero-order valence-corrected chi connectivity index (χ0v) is 14.8. The fourth-order valence-electron chi connectivity index (χ4n) is 3.03. The van der Waals surface area contributed by atoms with Crippen LogP contribution in [0.2, 0.25) is 0 Å². The van der Waals surface area contributed by atoms with Crippen molar-refractivity contribution in [3.05, 3.63) is 28.8 Å². The highest BCUT2D eigenvalue weighted by molar-refractivity contribution is 5.68. The predicted octanol–water partition coefficient (Wildman–Crippen LogP) is 2.07. The molecule has 1 amide bonds. The predicted molar refractivity (Wildman–Crippen MR) is 92.1 cm³/mol. The molecular weight excluding hydrogens is 308 g/mol. The van der Waals surface area contributed by atoms with E-state index in [1.807, 2.05) is 19.9 Å². The second-order valence-electron chi connectivity index (χ2n) is 6.07. The van der Waals surface area contributed by atoms with Crippen LogP contribution in [0.25, 0.3) is 0 Å². The molecule has 134 valence electrons. The number of methoxy groups -OCH3 is 1. The van der Waals surface area contributed by atoms with Gasteiger partial charge in [-0.3, -0.25) is 0 Å². The molecule has 1 aliphatic heterocycles. The number of nitrogens with one attached hydrogen (secondary N) is 1. The summed E-state index contributed by atoms with van der Waals surface area (Å²) in [5.74, 6) is 0.823. The zero-order valence-electron chi connectivity index (χ0n) is 14.8. The molecule has 0 saturated heterocycles. The minimum Gasteiger partial charge on any atom is -0.496 e. The van der Waals surface area contributed by atoms with Gasteiger partial charge in [0.2, 0.25) is 0 Å². The molecule has 6 nitrogen and oxygen atoms in total. The van der Waals surface area contributed by atoms with Crippen molar-refractivity contribution in [1.29, 1.82) is 0 Å². The topological polar surface area (TPSA) is 71.0 Å². The standard InChI is InChI=1S/C18H28N2O4/c1-4-24-18(22)20-12-16-10-17(23-3)15(11-19-6-5-7-21)9-14(16)8-13(20)2/h9-10,13,19,21H,4-8,11-12H2,1-3H3. The minimum atomic E-state index is -0.260. The summed E-state index contributed by atoms with van der Waals surface area (Å²) in [4.78, 5) is 13.9. The van der Waals surface area contributed by atoms with E-state index in [2.05, 4.69) is 11.4 Å². The Kier molecular flexibility index (Phi) is 6.87. The molecule has 2 rings (SSSR count). The SMILES string of the molecule is CCOC(=O)N1Cc2cc(OC)c(CNCCCO)cc2CC1C. The Balaban J connectivity index is 2.15. The van der Waals surface area contributed by atoms with Crippen LogP contribution < -0.4 is 10.1 Å². The summed E-state index contributed by atoms with van der Waals surface area (Å²) in [6.07, 6.45) is 1.28. The van der Waals surface area contributed by atoms with Crippen LogP contribution in [0.15, 0.2) is 12.1 Å². The van der Waals surface area contributed by atoms with Gasteiger partial charge in [-0.05, 0) is 50.4 Å². The molecular formula is C18H28N2O4. The minimum absolute atomic E-state index is 0.111. The number of aliphatic hydroxyl groups excluding tert-OH is 1. The number of hydrogen-bond acceptors (Lipinski definition) is 5. The lowest BCUT2D eigenvalue weighted by atomic mass is 9.92. The van der Waals surface area contributed by atoms with Gasteiger partial charge in [0.1, 0.15) is 5.75 Å². The summed E-state index contributed by atoms with van der Waals surface area (Å²) in [7, 11) is 1.66. The maximum absolute atomic E-state index is 12.1. The number of carbonyl (C=O) groups excluding carboxylic acids is 1. The van der Waals surface area contributed by atoms with E-state index in [4.69, 9.17) is 14.6 Å². The van der Waals surface area contributed by atoms with Crippen LogP contribution in [0.1, 0.15) is 37.0 Å². The van der Waals surface area contributed by atoms with Crippen LogP contribution in [0.3, 0.4) is 0 Å². The molecule has 1 aromatic rings. The second-order valence-corrected chi connectivity index (χ2v) is 6.07. The van der Waals surface area contributed by atoms with E-state index in [9.17, 15) is 4.79 Å². The largest absolute Gasteiger partial charge is 0.496 e. The van der Waals surface area contributed by atoms with E-state index in [1.54, 1.807) is 12.0 Å². The van der Waals surface area contributed by atoms with Crippen LogP contribution >= 0.6 is 0 Å². The Morgan fingerprint density at radius 2 is 2.21 bits per heavy atom. The monoisotopic (exact) mass is 336 g/mol. The molecule has 0 radical (unpaired) electrons. The second kappa shape index (κ2) is 8.89. The molecule has 1 heterocycles. The summed E-state index contributed by atoms with van der Waals surface area (Å²) in [5.41, 5.74) is 3.46. The van der Waals surface area contributed by atoms with Crippen molar-refractivity contribution in [2.45, 2.75) is 45.8 Å². The molecule has 0 aliphatic carbocycles. The number of ether oxygens (including phenoxy) is 2. The van der Waals surface area contributed by atoms with E-state index < -0.39 is 0 Å². The lowest BCUT2D eigenvalue weighted by Crippen LogP contribution is -2.43. The highest BCUT2D eigenvalue weighted by Crippen LogP contribution is 2.30. The van der Waals surface area contributed by atoms with Crippen LogP contribution in [0.4, 0.5) is 4.79 Å². The Hall–Kier alpha value is -1.79. The number of nitrogens with zero attached hydrogens (tertiary/aromatic N) is 1. The molecule has 0 aromatic heterocycles. The average Bonchev–Trinajstić information content (AvgIpc) is 2.57. The van der Waals surface area contributed by atoms with E-state index in [1.165, 1.54) is 5.56 Å². The summed E-state index contributed by atoms with van der Waals surface area (Å²) in [5, 5.41) is 12.2. The van der Waals surface area contributed by atoms with Crippen molar-refractivity contribution in [2.24, 2.45) is 0 Å². The Bertz CT molecular complexity index is 562. The van der Waals surface area contributed by atoms with E-state index >= 15 is 0 Å². The third-order valence-corrected chi connectivity index (χ3v) is 4.32. The lowest BCUT2D eigenvalue weighted by molar-refractivity contribution is 0.0861. The van der Waals surface area contributed by atoms with Gasteiger partial charge in [0.05, 0.1) is 13.7 Å². The first kappa shape index (κ1) is 18.5. The molecule has 2 N–H and O–H groups in total. The van der Waals surface area contributed by atoms with E-state index in [-0.39, 0.29) is 18.7 Å².